The van der Waals surface area contributed by atoms with E-state index in [0.29, 0.717) is 11.0 Å². The fraction of sp³-hybridized carbons (Fsp3) is 0.692. The smallest absolute Gasteiger partial charge is 0.0542 e. The zero-order valence-electron chi connectivity index (χ0n) is 9.05. The summed E-state index contributed by atoms with van der Waals surface area (Å²) in [5.41, 5.74) is 2.72. The van der Waals surface area contributed by atoms with Crippen LogP contribution >= 0.6 is 0 Å². The molecule has 2 nitrogen and oxygen atoms in total. The van der Waals surface area contributed by atoms with Crippen molar-refractivity contribution in [3.8, 4) is 0 Å². The Morgan fingerprint density at radius 1 is 1.33 bits per heavy atom. The monoisotopic (exact) mass is 202 g/mol. The summed E-state index contributed by atoms with van der Waals surface area (Å²) in [6, 6.07) is 0. The number of nitrogens with one attached hydrogen (secondary N) is 2. The summed E-state index contributed by atoms with van der Waals surface area (Å²) in [7, 11) is 0. The SMILES string of the molecule is C1=CCC2C(=C1)C1(CNCN1)CC21CC1. The second kappa shape index (κ2) is 2.55. The minimum Gasteiger partial charge on any atom is -0.302 e. The van der Waals surface area contributed by atoms with Crippen LogP contribution in [0.5, 0.6) is 0 Å². The first kappa shape index (κ1) is 8.54. The van der Waals surface area contributed by atoms with E-state index in [-0.39, 0.29) is 0 Å². The molecule has 3 aliphatic carbocycles. The van der Waals surface area contributed by atoms with Crippen molar-refractivity contribution in [2.75, 3.05) is 13.2 Å². The molecule has 0 amide bonds. The van der Waals surface area contributed by atoms with E-state index in [4.69, 9.17) is 0 Å². The Morgan fingerprint density at radius 2 is 2.27 bits per heavy atom. The second-order valence-corrected chi connectivity index (χ2v) is 5.74. The topological polar surface area (TPSA) is 24.1 Å². The largest absolute Gasteiger partial charge is 0.302 e. The average Bonchev–Trinajstić information content (AvgIpc) is 2.80. The van der Waals surface area contributed by atoms with Crippen molar-refractivity contribution in [3.63, 3.8) is 0 Å². The van der Waals surface area contributed by atoms with Crippen LogP contribution in [0.15, 0.2) is 23.8 Å². The third-order valence-electron chi connectivity index (χ3n) is 4.98. The quantitative estimate of drug-likeness (QED) is 0.623. The highest BCUT2D eigenvalue weighted by Crippen LogP contribution is 2.67. The van der Waals surface area contributed by atoms with Crippen LogP contribution in [0.2, 0.25) is 0 Å². The highest BCUT2D eigenvalue weighted by molar-refractivity contribution is 5.41. The van der Waals surface area contributed by atoms with E-state index in [1.54, 1.807) is 5.57 Å². The van der Waals surface area contributed by atoms with Crippen LogP contribution in [0.1, 0.15) is 25.7 Å². The van der Waals surface area contributed by atoms with E-state index < -0.39 is 0 Å². The van der Waals surface area contributed by atoms with Gasteiger partial charge in [-0.3, -0.25) is 5.32 Å². The van der Waals surface area contributed by atoms with E-state index in [2.05, 4.69) is 28.9 Å². The first-order valence-electron chi connectivity index (χ1n) is 6.18. The van der Waals surface area contributed by atoms with Gasteiger partial charge < -0.3 is 5.32 Å². The van der Waals surface area contributed by atoms with Gasteiger partial charge in [0.25, 0.3) is 0 Å². The third-order valence-corrected chi connectivity index (χ3v) is 4.98. The summed E-state index contributed by atoms with van der Waals surface area (Å²) in [6.45, 7) is 2.13. The maximum atomic E-state index is 3.71. The van der Waals surface area contributed by atoms with Crippen LogP contribution < -0.4 is 10.6 Å². The molecule has 80 valence electrons. The Hall–Kier alpha value is -0.600. The van der Waals surface area contributed by atoms with Crippen LogP contribution in [0.4, 0.5) is 0 Å². The summed E-state index contributed by atoms with van der Waals surface area (Å²) in [6.07, 6.45) is 12.6. The summed E-state index contributed by atoms with van der Waals surface area (Å²) in [5.74, 6) is 0.856. The molecule has 1 heterocycles. The number of hydrogen-bond donors (Lipinski definition) is 2. The summed E-state index contributed by atoms with van der Waals surface area (Å²) in [4.78, 5) is 0. The van der Waals surface area contributed by atoms with Crippen molar-refractivity contribution in [1.29, 1.82) is 0 Å². The van der Waals surface area contributed by atoms with E-state index >= 15 is 0 Å². The molecule has 2 N–H and O–H groups in total. The lowest BCUT2D eigenvalue weighted by molar-refractivity contribution is 0.368. The normalized spacial score (nSPS) is 44.8. The van der Waals surface area contributed by atoms with Crippen molar-refractivity contribution < 1.29 is 0 Å². The van der Waals surface area contributed by atoms with E-state index in [1.165, 1.54) is 25.7 Å². The molecule has 1 saturated heterocycles. The third kappa shape index (κ3) is 0.969. The Balaban J connectivity index is 1.81. The highest BCUT2D eigenvalue weighted by atomic mass is 15.2. The molecule has 2 spiro atoms. The van der Waals surface area contributed by atoms with Gasteiger partial charge in [-0.25, -0.2) is 0 Å². The van der Waals surface area contributed by atoms with Crippen molar-refractivity contribution >= 4 is 0 Å². The molecule has 1 aliphatic heterocycles. The van der Waals surface area contributed by atoms with Gasteiger partial charge in [-0.15, -0.1) is 0 Å². The van der Waals surface area contributed by atoms with Gasteiger partial charge in [-0.1, -0.05) is 18.2 Å². The van der Waals surface area contributed by atoms with Gasteiger partial charge in [0.05, 0.1) is 5.54 Å². The predicted octanol–water partition coefficient (Wildman–Crippen LogP) is 1.56. The van der Waals surface area contributed by atoms with Crippen LogP contribution in [-0.2, 0) is 0 Å². The average molecular weight is 202 g/mol. The fourth-order valence-corrected chi connectivity index (χ4v) is 4.11. The number of fused-ring (bicyclic) bond motifs is 3. The Labute approximate surface area is 90.8 Å². The Bertz CT molecular complexity index is 357. The standard InChI is InChI=1S/C13H18N2/c1-2-4-11-10(3-1)12(5-6-12)7-13(11)8-14-9-15-13/h1-2,4,10,14-15H,3,5-9H2. The molecule has 0 aromatic heterocycles. The van der Waals surface area contributed by atoms with Gasteiger partial charge in [0, 0.05) is 13.2 Å². The molecule has 0 aromatic carbocycles. The predicted molar refractivity (Wildman–Crippen MR) is 60.4 cm³/mol. The summed E-state index contributed by atoms with van der Waals surface area (Å²) < 4.78 is 0. The van der Waals surface area contributed by atoms with Gasteiger partial charge in [0.2, 0.25) is 0 Å². The van der Waals surface area contributed by atoms with Crippen LogP contribution in [-0.4, -0.2) is 18.8 Å². The van der Waals surface area contributed by atoms with E-state index in [1.807, 2.05) is 0 Å². The molecule has 3 fully saturated rings. The molecule has 2 atom stereocenters. The molecule has 2 saturated carbocycles. The van der Waals surface area contributed by atoms with Crippen molar-refractivity contribution in [2.24, 2.45) is 11.3 Å². The van der Waals surface area contributed by atoms with Crippen LogP contribution in [0.25, 0.3) is 0 Å². The molecule has 0 aromatic rings. The zero-order chi connectivity index (χ0) is 9.93. The minimum atomic E-state index is 0.325. The molecular weight excluding hydrogens is 184 g/mol. The van der Waals surface area contributed by atoms with Gasteiger partial charge in [-0.05, 0) is 42.6 Å². The maximum absolute atomic E-state index is 3.71. The molecule has 15 heavy (non-hydrogen) atoms. The van der Waals surface area contributed by atoms with E-state index in [0.717, 1.165) is 19.1 Å². The Morgan fingerprint density at radius 3 is 3.00 bits per heavy atom. The van der Waals surface area contributed by atoms with Crippen molar-refractivity contribution in [2.45, 2.75) is 31.2 Å². The molecule has 0 bridgehead atoms. The first-order valence-corrected chi connectivity index (χ1v) is 6.18. The Kier molecular flexibility index (Phi) is 1.45. The van der Waals surface area contributed by atoms with Gasteiger partial charge in [0.15, 0.2) is 0 Å². The second-order valence-electron chi connectivity index (χ2n) is 5.74. The number of rotatable bonds is 0. The molecule has 2 heteroatoms. The van der Waals surface area contributed by atoms with E-state index in [9.17, 15) is 0 Å². The van der Waals surface area contributed by atoms with Crippen LogP contribution in [0.3, 0.4) is 0 Å². The molecule has 2 unspecified atom stereocenters. The van der Waals surface area contributed by atoms with Crippen LogP contribution in [0, 0.1) is 11.3 Å². The van der Waals surface area contributed by atoms with Crippen molar-refractivity contribution in [3.05, 3.63) is 23.8 Å². The molecular formula is C13H18N2. The van der Waals surface area contributed by atoms with Gasteiger partial charge in [0.1, 0.15) is 0 Å². The summed E-state index contributed by atoms with van der Waals surface area (Å²) in [5, 5.41) is 7.19. The lowest BCUT2D eigenvalue weighted by Crippen LogP contribution is -2.42. The molecule has 4 aliphatic rings. The first-order chi connectivity index (χ1) is 7.35. The zero-order valence-corrected chi connectivity index (χ0v) is 9.05. The molecule has 0 radical (unpaired) electrons. The maximum Gasteiger partial charge on any atom is 0.0542 e. The molecule has 4 rings (SSSR count). The minimum absolute atomic E-state index is 0.325. The highest BCUT2D eigenvalue weighted by Gasteiger charge is 2.63. The number of hydrogen-bond acceptors (Lipinski definition) is 2. The number of allylic oxidation sites excluding steroid dienone is 3. The van der Waals surface area contributed by atoms with Crippen molar-refractivity contribution in [1.82, 2.24) is 10.6 Å². The van der Waals surface area contributed by atoms with Gasteiger partial charge in [-0.2, -0.15) is 0 Å². The van der Waals surface area contributed by atoms with Gasteiger partial charge >= 0.3 is 0 Å². The summed E-state index contributed by atoms with van der Waals surface area (Å²) >= 11 is 0. The lowest BCUT2D eigenvalue weighted by atomic mass is 9.83. The lowest BCUT2D eigenvalue weighted by Gasteiger charge is -2.27. The fourth-order valence-electron chi connectivity index (χ4n) is 4.11.